The van der Waals surface area contributed by atoms with Gasteiger partial charge in [0.05, 0.1) is 10.8 Å². The molecule has 0 spiro atoms. The maximum atomic E-state index is 13.9. The predicted octanol–water partition coefficient (Wildman–Crippen LogP) is 3.70. The van der Waals surface area contributed by atoms with Gasteiger partial charge in [-0.1, -0.05) is 54.2 Å². The summed E-state index contributed by atoms with van der Waals surface area (Å²) in [6.45, 7) is 5.80. The van der Waals surface area contributed by atoms with E-state index in [2.05, 4.69) is 27.2 Å². The van der Waals surface area contributed by atoms with Gasteiger partial charge in [-0.15, -0.1) is 10.2 Å². The summed E-state index contributed by atoms with van der Waals surface area (Å²) >= 11 is 1.20. The van der Waals surface area contributed by atoms with Crippen molar-refractivity contribution in [2.45, 2.75) is 23.9 Å². The van der Waals surface area contributed by atoms with E-state index in [1.807, 2.05) is 30.0 Å². The Morgan fingerprint density at radius 1 is 1.07 bits per heavy atom. The number of amides is 1. The number of piperazine rings is 1. The van der Waals surface area contributed by atoms with Crippen LogP contribution in [0.4, 0.5) is 4.39 Å². The van der Waals surface area contributed by atoms with Crippen LogP contribution >= 0.6 is 11.8 Å². The first-order valence-electron chi connectivity index (χ1n) is 9.90. The molecule has 6 nitrogen and oxygen atoms in total. The van der Waals surface area contributed by atoms with Crippen molar-refractivity contribution in [2.75, 3.05) is 26.2 Å². The summed E-state index contributed by atoms with van der Waals surface area (Å²) in [4.78, 5) is 17.1. The monoisotopic (exact) mass is 426 g/mol. The molecule has 3 aromatic rings. The van der Waals surface area contributed by atoms with Crippen LogP contribution in [0.2, 0.25) is 0 Å². The molecule has 0 radical (unpaired) electrons. The van der Waals surface area contributed by atoms with Gasteiger partial charge in [-0.2, -0.15) is 0 Å². The SMILES string of the molecule is C[C@H](Sc1nnc(-c2ccccc2F)o1)C(=O)N1CCN(Cc2ccccc2)CC1. The highest BCUT2D eigenvalue weighted by Gasteiger charge is 2.27. The smallest absolute Gasteiger partial charge is 0.277 e. The molecule has 2 aromatic carbocycles. The number of carbonyl (C=O) groups excluding carboxylic acids is 1. The number of carbonyl (C=O) groups is 1. The molecule has 1 saturated heterocycles. The summed E-state index contributed by atoms with van der Waals surface area (Å²) in [6.07, 6.45) is 0. The fourth-order valence-electron chi connectivity index (χ4n) is 3.43. The van der Waals surface area contributed by atoms with Gasteiger partial charge in [-0.05, 0) is 24.6 Å². The lowest BCUT2D eigenvalue weighted by Gasteiger charge is -2.35. The van der Waals surface area contributed by atoms with Crippen LogP contribution in [0, 0.1) is 5.82 Å². The molecule has 30 heavy (non-hydrogen) atoms. The quantitative estimate of drug-likeness (QED) is 0.560. The summed E-state index contributed by atoms with van der Waals surface area (Å²) < 4.78 is 19.5. The number of aromatic nitrogens is 2. The van der Waals surface area contributed by atoms with Crippen LogP contribution in [-0.2, 0) is 11.3 Å². The third kappa shape index (κ3) is 4.88. The lowest BCUT2D eigenvalue weighted by molar-refractivity contribution is -0.132. The fourth-order valence-corrected chi connectivity index (χ4v) is 4.19. The first-order chi connectivity index (χ1) is 14.6. The minimum atomic E-state index is -0.421. The summed E-state index contributed by atoms with van der Waals surface area (Å²) in [5.74, 6) is -0.259. The molecule has 1 aliphatic heterocycles. The highest BCUT2D eigenvalue weighted by molar-refractivity contribution is 8.00. The Morgan fingerprint density at radius 3 is 2.50 bits per heavy atom. The van der Waals surface area contributed by atoms with E-state index < -0.39 is 5.82 Å². The van der Waals surface area contributed by atoms with E-state index in [1.54, 1.807) is 18.2 Å². The summed E-state index contributed by atoms with van der Waals surface area (Å²) in [7, 11) is 0. The maximum Gasteiger partial charge on any atom is 0.277 e. The number of hydrogen-bond acceptors (Lipinski definition) is 6. The molecular formula is C22H23FN4O2S. The van der Waals surface area contributed by atoms with Crippen LogP contribution in [0.25, 0.3) is 11.5 Å². The Bertz CT molecular complexity index is 990. The third-order valence-corrected chi connectivity index (χ3v) is 5.99. The number of hydrogen-bond donors (Lipinski definition) is 0. The Kier molecular flexibility index (Phi) is 6.44. The van der Waals surface area contributed by atoms with Crippen molar-refractivity contribution in [1.29, 1.82) is 0 Å². The standard InChI is InChI=1S/C22H23FN4O2S/c1-16(30-22-25-24-20(29-22)18-9-5-6-10-19(18)23)21(28)27-13-11-26(12-14-27)15-17-7-3-2-4-8-17/h2-10,16H,11-15H2,1H3/t16-/m0/s1. The minimum Gasteiger partial charge on any atom is -0.411 e. The average Bonchev–Trinajstić information content (AvgIpc) is 3.23. The summed E-state index contributed by atoms with van der Waals surface area (Å²) in [6, 6.07) is 16.6. The Morgan fingerprint density at radius 2 is 1.77 bits per heavy atom. The van der Waals surface area contributed by atoms with Crippen LogP contribution in [0.5, 0.6) is 0 Å². The molecule has 1 atom stereocenters. The van der Waals surface area contributed by atoms with Gasteiger partial charge in [0.2, 0.25) is 5.91 Å². The molecule has 0 N–H and O–H groups in total. The van der Waals surface area contributed by atoms with Gasteiger partial charge >= 0.3 is 0 Å². The van der Waals surface area contributed by atoms with Gasteiger partial charge in [-0.25, -0.2) is 4.39 Å². The first-order valence-corrected chi connectivity index (χ1v) is 10.8. The zero-order chi connectivity index (χ0) is 20.9. The van der Waals surface area contributed by atoms with Crippen LogP contribution in [0.1, 0.15) is 12.5 Å². The summed E-state index contributed by atoms with van der Waals surface area (Å²) in [5, 5.41) is 7.77. The van der Waals surface area contributed by atoms with Gasteiger partial charge in [0.15, 0.2) is 0 Å². The second-order valence-electron chi connectivity index (χ2n) is 7.20. The molecule has 1 amide bonds. The largest absolute Gasteiger partial charge is 0.411 e. The van der Waals surface area contributed by atoms with Gasteiger partial charge in [-0.3, -0.25) is 9.69 Å². The fraction of sp³-hybridized carbons (Fsp3) is 0.318. The third-order valence-electron chi connectivity index (χ3n) is 5.07. The molecule has 0 bridgehead atoms. The molecule has 8 heteroatoms. The molecule has 0 aliphatic carbocycles. The molecular weight excluding hydrogens is 403 g/mol. The molecule has 4 rings (SSSR count). The topological polar surface area (TPSA) is 62.5 Å². The average molecular weight is 427 g/mol. The lowest BCUT2D eigenvalue weighted by Crippen LogP contribution is -2.50. The second kappa shape index (κ2) is 9.40. The van der Waals surface area contributed by atoms with Crippen molar-refractivity contribution < 1.29 is 13.6 Å². The molecule has 156 valence electrons. The van der Waals surface area contributed by atoms with Crippen molar-refractivity contribution >= 4 is 17.7 Å². The van der Waals surface area contributed by atoms with E-state index in [9.17, 15) is 9.18 Å². The van der Waals surface area contributed by atoms with Crippen molar-refractivity contribution in [2.24, 2.45) is 0 Å². The first kappa shape index (κ1) is 20.6. The predicted molar refractivity (Wildman–Crippen MR) is 113 cm³/mol. The molecule has 1 aromatic heterocycles. The zero-order valence-corrected chi connectivity index (χ0v) is 17.5. The van der Waals surface area contributed by atoms with Crippen LogP contribution < -0.4 is 0 Å². The molecule has 0 unspecified atom stereocenters. The number of nitrogens with zero attached hydrogens (tertiary/aromatic N) is 4. The van der Waals surface area contributed by atoms with Gasteiger partial charge in [0.1, 0.15) is 5.82 Å². The van der Waals surface area contributed by atoms with Gasteiger partial charge < -0.3 is 9.32 Å². The van der Waals surface area contributed by atoms with Crippen molar-refractivity contribution in [3.05, 3.63) is 66.0 Å². The number of rotatable bonds is 6. The van der Waals surface area contributed by atoms with E-state index >= 15 is 0 Å². The van der Waals surface area contributed by atoms with Gasteiger partial charge in [0.25, 0.3) is 11.1 Å². The van der Waals surface area contributed by atoms with Crippen molar-refractivity contribution in [1.82, 2.24) is 20.0 Å². The zero-order valence-electron chi connectivity index (χ0n) is 16.7. The summed E-state index contributed by atoms with van der Waals surface area (Å²) in [5.41, 5.74) is 1.54. The maximum absolute atomic E-state index is 13.9. The number of halogens is 1. The number of benzene rings is 2. The Labute approximate surface area is 179 Å². The van der Waals surface area contributed by atoms with E-state index in [-0.39, 0.29) is 27.8 Å². The van der Waals surface area contributed by atoms with E-state index in [0.29, 0.717) is 13.1 Å². The Balaban J connectivity index is 1.30. The number of thioether (sulfide) groups is 1. The van der Waals surface area contributed by atoms with E-state index in [4.69, 9.17) is 4.42 Å². The van der Waals surface area contributed by atoms with Gasteiger partial charge in [0, 0.05) is 32.7 Å². The normalized spacial score (nSPS) is 15.9. The molecule has 1 aliphatic rings. The molecule has 0 saturated carbocycles. The molecule has 2 heterocycles. The van der Waals surface area contributed by atoms with Crippen molar-refractivity contribution in [3.63, 3.8) is 0 Å². The second-order valence-corrected chi connectivity index (χ2v) is 8.49. The highest BCUT2D eigenvalue weighted by Crippen LogP contribution is 2.28. The van der Waals surface area contributed by atoms with E-state index in [1.165, 1.54) is 23.4 Å². The van der Waals surface area contributed by atoms with E-state index in [0.717, 1.165) is 19.6 Å². The highest BCUT2D eigenvalue weighted by atomic mass is 32.2. The van der Waals surface area contributed by atoms with Crippen LogP contribution in [0.15, 0.2) is 64.2 Å². The van der Waals surface area contributed by atoms with Crippen LogP contribution in [-0.4, -0.2) is 57.3 Å². The lowest BCUT2D eigenvalue weighted by atomic mass is 10.2. The Hall–Kier alpha value is -2.71. The van der Waals surface area contributed by atoms with Crippen LogP contribution in [0.3, 0.4) is 0 Å². The molecule has 1 fully saturated rings. The minimum absolute atomic E-state index is 0.0463. The van der Waals surface area contributed by atoms with Crippen molar-refractivity contribution in [3.8, 4) is 11.5 Å².